The van der Waals surface area contributed by atoms with Gasteiger partial charge < -0.3 is 4.74 Å². The van der Waals surface area contributed by atoms with Crippen LogP contribution in [-0.2, 0) is 9.59 Å². The molecule has 2 aliphatic carbocycles. The topological polar surface area (TPSA) is 127 Å². The maximum Gasteiger partial charge on any atom is 0.274 e. The Morgan fingerprint density at radius 3 is 1.79 bits per heavy atom. The van der Waals surface area contributed by atoms with E-state index in [0.717, 1.165) is 0 Å². The lowest BCUT2D eigenvalue weighted by Gasteiger charge is -2.36. The zero-order valence-electron chi connectivity index (χ0n) is 23.1. The van der Waals surface area contributed by atoms with E-state index in [4.69, 9.17) is 85.9 Å². The number of halogens is 7. The number of carbonyl (C=O) groups is 4. The van der Waals surface area contributed by atoms with Gasteiger partial charge in [0.2, 0.25) is 0 Å². The van der Waals surface area contributed by atoms with Crippen LogP contribution >= 0.6 is 81.2 Å². The highest BCUT2D eigenvalue weighted by Crippen LogP contribution is 2.77. The van der Waals surface area contributed by atoms with Crippen LogP contribution in [0, 0.1) is 22.0 Å². The Hall–Kier alpha value is -3.09. The monoisotopic (exact) mass is 775 g/mol. The number of ketones is 1. The number of nitro groups is 1. The van der Waals surface area contributed by atoms with Gasteiger partial charge in [-0.15, -0.1) is 23.2 Å². The molecular formula is C30H16Cl7N3O7. The van der Waals surface area contributed by atoms with Gasteiger partial charge in [0.15, 0.2) is 10.1 Å². The first kappa shape index (κ1) is 33.8. The number of rotatable bonds is 8. The van der Waals surface area contributed by atoms with E-state index in [1.807, 2.05) is 0 Å². The molecule has 3 aromatic rings. The number of benzene rings is 3. The lowest BCUT2D eigenvalue weighted by atomic mass is 9.84. The van der Waals surface area contributed by atoms with E-state index >= 15 is 0 Å². The number of fused-ring (bicyclic) bond motifs is 5. The van der Waals surface area contributed by atoms with Crippen LogP contribution < -0.4 is 4.74 Å². The number of amides is 3. The van der Waals surface area contributed by atoms with E-state index < -0.39 is 60.9 Å². The highest BCUT2D eigenvalue weighted by atomic mass is 35.5. The van der Waals surface area contributed by atoms with Crippen molar-refractivity contribution >= 4 is 110 Å². The summed E-state index contributed by atoms with van der Waals surface area (Å²) in [5.41, 5.74) is -0.155. The maximum absolute atomic E-state index is 14.1. The van der Waals surface area contributed by atoms with Gasteiger partial charge in [0.05, 0.1) is 37.4 Å². The molecule has 47 heavy (non-hydrogen) atoms. The number of hydrazine groups is 1. The Morgan fingerprint density at radius 1 is 0.809 bits per heavy atom. The minimum atomic E-state index is -2.20. The van der Waals surface area contributed by atoms with E-state index in [0.29, 0.717) is 21.5 Å². The van der Waals surface area contributed by atoms with Gasteiger partial charge in [-0.3, -0.25) is 29.3 Å². The van der Waals surface area contributed by atoms with Crippen molar-refractivity contribution in [2.75, 3.05) is 6.54 Å². The Labute approximate surface area is 300 Å². The average Bonchev–Trinajstić information content (AvgIpc) is 3.43. The Bertz CT molecular complexity index is 1880. The van der Waals surface area contributed by atoms with Gasteiger partial charge in [-0.1, -0.05) is 70.1 Å². The van der Waals surface area contributed by atoms with Crippen LogP contribution in [0.25, 0.3) is 0 Å². The third-order valence-corrected chi connectivity index (χ3v) is 12.8. The minimum absolute atomic E-state index is 0.0158. The summed E-state index contributed by atoms with van der Waals surface area (Å²) in [6.07, 6.45) is 0. The van der Waals surface area contributed by atoms with Crippen molar-refractivity contribution < 1.29 is 28.8 Å². The summed E-state index contributed by atoms with van der Waals surface area (Å²) in [4.78, 5) is 61.8. The molecule has 1 aliphatic heterocycles. The molecule has 0 aromatic heterocycles. The van der Waals surface area contributed by atoms with E-state index in [1.54, 1.807) is 6.07 Å². The number of hydrogen-bond donors (Lipinski definition) is 0. The predicted molar refractivity (Wildman–Crippen MR) is 176 cm³/mol. The van der Waals surface area contributed by atoms with Gasteiger partial charge >= 0.3 is 0 Å². The van der Waals surface area contributed by atoms with Crippen molar-refractivity contribution in [3.63, 3.8) is 0 Å². The lowest BCUT2D eigenvalue weighted by Crippen LogP contribution is -2.56. The number of allylic oxidation sites excluding steroid dienone is 2. The Kier molecular flexibility index (Phi) is 8.49. The maximum atomic E-state index is 14.1. The van der Waals surface area contributed by atoms with Gasteiger partial charge in [-0.2, -0.15) is 5.01 Å². The van der Waals surface area contributed by atoms with Crippen LogP contribution in [0.4, 0.5) is 5.69 Å². The molecule has 3 aromatic carbocycles. The number of nitrogens with zero attached hydrogens (tertiary/aromatic N) is 3. The summed E-state index contributed by atoms with van der Waals surface area (Å²) >= 11 is 45.9. The molecule has 2 fully saturated rings. The predicted octanol–water partition coefficient (Wildman–Crippen LogP) is 7.73. The molecule has 0 unspecified atom stereocenters. The van der Waals surface area contributed by atoms with E-state index in [9.17, 15) is 29.3 Å². The molecule has 0 radical (unpaired) electrons. The molecule has 0 N–H and O–H groups in total. The fourth-order valence-corrected chi connectivity index (χ4v) is 9.08. The largest absolute Gasteiger partial charge is 0.457 e. The zero-order chi connectivity index (χ0) is 34.2. The number of carbonyl (C=O) groups excluding carboxylic acids is 4. The first-order chi connectivity index (χ1) is 22.1. The minimum Gasteiger partial charge on any atom is -0.457 e. The average molecular weight is 779 g/mol. The van der Waals surface area contributed by atoms with Crippen molar-refractivity contribution in [3.8, 4) is 11.5 Å². The van der Waals surface area contributed by atoms with Crippen LogP contribution in [0.5, 0.6) is 11.5 Å². The second-order valence-corrected chi connectivity index (χ2v) is 14.4. The molecule has 4 atom stereocenters. The first-order valence-electron chi connectivity index (χ1n) is 13.4. The molecule has 17 heteroatoms. The fourth-order valence-electron chi connectivity index (χ4n) is 5.93. The van der Waals surface area contributed by atoms with Crippen LogP contribution in [0.3, 0.4) is 0 Å². The van der Waals surface area contributed by atoms with E-state index in [1.165, 1.54) is 66.7 Å². The highest BCUT2D eigenvalue weighted by Gasteiger charge is 2.88. The van der Waals surface area contributed by atoms with Crippen LogP contribution in [0.15, 0.2) is 82.9 Å². The Morgan fingerprint density at radius 2 is 1.30 bits per heavy atom. The van der Waals surface area contributed by atoms with Gasteiger partial charge in [-0.05, 0) is 48.5 Å². The van der Waals surface area contributed by atoms with Gasteiger partial charge in [0.25, 0.3) is 23.4 Å². The Balaban J connectivity index is 1.32. The zero-order valence-corrected chi connectivity index (χ0v) is 28.4. The number of ether oxygens (including phenoxy) is 1. The van der Waals surface area contributed by atoms with Crippen molar-refractivity contribution in [3.05, 3.63) is 109 Å². The van der Waals surface area contributed by atoms with Crippen LogP contribution in [-0.4, -0.2) is 59.1 Å². The summed E-state index contributed by atoms with van der Waals surface area (Å²) < 4.78 is 3.49. The molecular weight excluding hydrogens is 763 g/mol. The van der Waals surface area contributed by atoms with Crippen molar-refractivity contribution in [1.82, 2.24) is 10.0 Å². The molecule has 3 amide bonds. The molecule has 10 nitrogen and oxygen atoms in total. The number of non-ortho nitro benzene ring substituents is 1. The number of alkyl halides is 4. The summed E-state index contributed by atoms with van der Waals surface area (Å²) in [5.74, 6) is -6.23. The lowest BCUT2D eigenvalue weighted by molar-refractivity contribution is -0.384. The number of Topliss-reactive ketones (excluding diaryl/α,β-unsaturated/α-hetero) is 1. The standard InChI is InChI=1S/C30H16Cl7N3O7/c31-19-4-2-1-3-18(19)25(42)38(13-20(41)14-5-9-16(10-6-14)47-17-11-7-15(8-12-17)40(45)46)39-26(43)21-22(27(39)44)29(35)24(33)23(32)28(21,34)30(29,36)37/h1-12,21-22H,13H2/t21-,22-,28-,29-/m1/s1. The van der Waals surface area contributed by atoms with Crippen molar-refractivity contribution in [2.45, 2.75) is 14.1 Å². The molecule has 1 saturated carbocycles. The SMILES string of the molecule is O=C(CN(C(=O)c1ccccc1Cl)N1C(=O)[C@H]2[C@H](C1=O)[C@@]1(Cl)C(Cl)=C(Cl)[C@@]2(Cl)C1(Cl)Cl)c1ccc(Oc2ccc([N+](=O)[O-])cc2)cc1. The number of nitro benzene ring substituents is 1. The smallest absolute Gasteiger partial charge is 0.274 e. The van der Waals surface area contributed by atoms with Gasteiger partial charge in [-0.25, -0.2) is 5.01 Å². The quantitative estimate of drug-likeness (QED) is 0.0754. The molecule has 6 rings (SSSR count). The molecule has 242 valence electrons. The molecule has 2 bridgehead atoms. The van der Waals surface area contributed by atoms with Crippen molar-refractivity contribution in [2.24, 2.45) is 11.8 Å². The second-order valence-electron chi connectivity index (χ2n) is 10.7. The molecule has 1 saturated heterocycles. The fraction of sp³-hybridized carbons (Fsp3) is 0.200. The molecule has 0 spiro atoms. The highest BCUT2D eigenvalue weighted by molar-refractivity contribution is 6.66. The summed E-state index contributed by atoms with van der Waals surface area (Å²) in [7, 11) is 0. The van der Waals surface area contributed by atoms with Gasteiger partial charge in [0.1, 0.15) is 27.8 Å². The van der Waals surface area contributed by atoms with Crippen LogP contribution in [0.1, 0.15) is 20.7 Å². The molecule has 3 aliphatic rings. The van der Waals surface area contributed by atoms with Gasteiger partial charge in [0, 0.05) is 17.7 Å². The summed E-state index contributed by atoms with van der Waals surface area (Å²) in [6.45, 7) is -0.810. The third-order valence-electron chi connectivity index (χ3n) is 8.22. The first-order valence-corrected chi connectivity index (χ1v) is 16.0. The number of hydrogen-bond acceptors (Lipinski definition) is 7. The van der Waals surface area contributed by atoms with Crippen molar-refractivity contribution in [1.29, 1.82) is 0 Å². The van der Waals surface area contributed by atoms with E-state index in [2.05, 4.69) is 0 Å². The molecule has 1 heterocycles. The summed E-state index contributed by atoms with van der Waals surface area (Å²) in [6, 6.07) is 16.9. The number of imide groups is 1. The summed E-state index contributed by atoms with van der Waals surface area (Å²) in [5, 5.41) is 11.4. The third kappa shape index (κ3) is 4.83. The normalized spacial score (nSPS) is 25.6. The van der Waals surface area contributed by atoms with E-state index in [-0.39, 0.29) is 31.9 Å². The van der Waals surface area contributed by atoms with Crippen LogP contribution in [0.2, 0.25) is 5.02 Å². The second kappa shape index (κ2) is 11.8.